The molecule has 3 aromatic carbocycles. The smallest absolute Gasteiger partial charge is 0.266 e. The molecule has 0 unspecified atom stereocenters. The van der Waals surface area contributed by atoms with Gasteiger partial charge in [-0.25, -0.2) is 0 Å². The summed E-state index contributed by atoms with van der Waals surface area (Å²) in [6.45, 7) is 2.27. The molecule has 156 valence electrons. The molecule has 3 aromatic rings. The Labute approximate surface area is 202 Å². The van der Waals surface area contributed by atoms with E-state index in [2.05, 4.69) is 37.2 Å². The number of hydrogen-bond acceptors (Lipinski definition) is 3. The summed E-state index contributed by atoms with van der Waals surface area (Å²) in [6.07, 6.45) is 1.53. The fourth-order valence-corrected chi connectivity index (χ4v) is 4.03. The first kappa shape index (κ1) is 23.1. The van der Waals surface area contributed by atoms with Gasteiger partial charge in [0.1, 0.15) is 24.0 Å². The number of nitriles is 1. The molecule has 31 heavy (non-hydrogen) atoms. The number of rotatable bonds is 6. The van der Waals surface area contributed by atoms with Crippen molar-refractivity contribution in [3.63, 3.8) is 0 Å². The lowest BCUT2D eigenvalue weighted by atomic mass is 10.1. The Morgan fingerprint density at radius 3 is 2.55 bits per heavy atom. The second-order valence-electron chi connectivity index (χ2n) is 6.68. The SMILES string of the molecule is Cc1ccc(Cl)cc1NC(=O)/C(C#N)=C\c1ccc(OCc2ccc(Br)cc2Br)cc1. The van der Waals surface area contributed by atoms with E-state index in [9.17, 15) is 10.1 Å². The monoisotopic (exact) mass is 558 g/mol. The lowest BCUT2D eigenvalue weighted by Crippen LogP contribution is -2.14. The Balaban J connectivity index is 1.68. The van der Waals surface area contributed by atoms with Crippen molar-refractivity contribution in [2.75, 3.05) is 5.32 Å². The molecular weight excluding hydrogens is 544 g/mol. The van der Waals surface area contributed by atoms with Crippen LogP contribution in [0.5, 0.6) is 5.75 Å². The number of carbonyl (C=O) groups excluding carboxylic acids is 1. The first-order valence-electron chi connectivity index (χ1n) is 9.22. The number of nitrogens with zero attached hydrogens (tertiary/aromatic N) is 1. The molecule has 0 aliphatic rings. The first-order chi connectivity index (χ1) is 14.9. The van der Waals surface area contributed by atoms with Crippen LogP contribution in [0.2, 0.25) is 5.02 Å². The van der Waals surface area contributed by atoms with Gasteiger partial charge in [0.05, 0.1) is 0 Å². The van der Waals surface area contributed by atoms with Gasteiger partial charge in [0.25, 0.3) is 5.91 Å². The van der Waals surface area contributed by atoms with Crippen LogP contribution in [0, 0.1) is 18.3 Å². The Bertz CT molecular complexity index is 1190. The van der Waals surface area contributed by atoms with Crippen LogP contribution in [-0.4, -0.2) is 5.91 Å². The van der Waals surface area contributed by atoms with Crippen molar-refractivity contribution >= 4 is 61.1 Å². The summed E-state index contributed by atoms with van der Waals surface area (Å²) in [7, 11) is 0. The Morgan fingerprint density at radius 1 is 1.13 bits per heavy atom. The molecule has 0 saturated heterocycles. The minimum Gasteiger partial charge on any atom is -0.489 e. The quantitative estimate of drug-likeness (QED) is 0.254. The third kappa shape index (κ3) is 6.44. The highest BCUT2D eigenvalue weighted by molar-refractivity contribution is 9.11. The molecule has 0 spiro atoms. The van der Waals surface area contributed by atoms with E-state index in [1.165, 1.54) is 6.08 Å². The van der Waals surface area contributed by atoms with Crippen LogP contribution in [0.25, 0.3) is 6.08 Å². The fourth-order valence-electron chi connectivity index (χ4n) is 2.69. The van der Waals surface area contributed by atoms with Crippen LogP contribution in [0.1, 0.15) is 16.7 Å². The zero-order chi connectivity index (χ0) is 22.4. The van der Waals surface area contributed by atoms with Crippen molar-refractivity contribution in [2.24, 2.45) is 0 Å². The maximum atomic E-state index is 12.5. The molecule has 0 heterocycles. The average Bonchev–Trinajstić information content (AvgIpc) is 2.74. The number of carbonyl (C=O) groups is 1. The van der Waals surface area contributed by atoms with Crippen molar-refractivity contribution in [3.8, 4) is 11.8 Å². The maximum Gasteiger partial charge on any atom is 0.266 e. The van der Waals surface area contributed by atoms with Gasteiger partial charge in [-0.1, -0.05) is 67.7 Å². The molecule has 1 N–H and O–H groups in total. The zero-order valence-corrected chi connectivity index (χ0v) is 20.4. The van der Waals surface area contributed by atoms with Crippen molar-refractivity contribution in [2.45, 2.75) is 13.5 Å². The Kier molecular flexibility index (Phi) is 7.91. The summed E-state index contributed by atoms with van der Waals surface area (Å²) in [5.74, 6) is 0.192. The molecule has 3 rings (SSSR count). The highest BCUT2D eigenvalue weighted by atomic mass is 79.9. The van der Waals surface area contributed by atoms with E-state index in [4.69, 9.17) is 16.3 Å². The molecular formula is C24H17Br2ClN2O2. The van der Waals surface area contributed by atoms with E-state index in [-0.39, 0.29) is 5.57 Å². The number of hydrogen-bond donors (Lipinski definition) is 1. The molecule has 0 bridgehead atoms. The van der Waals surface area contributed by atoms with Gasteiger partial charge in [0.15, 0.2) is 0 Å². The molecule has 7 heteroatoms. The van der Waals surface area contributed by atoms with Crippen molar-refractivity contribution < 1.29 is 9.53 Å². The summed E-state index contributed by atoms with van der Waals surface area (Å²) < 4.78 is 7.77. The van der Waals surface area contributed by atoms with Crippen molar-refractivity contribution in [3.05, 3.63) is 96.9 Å². The number of benzene rings is 3. The number of amides is 1. The van der Waals surface area contributed by atoms with E-state index in [1.807, 2.05) is 31.2 Å². The molecule has 0 radical (unpaired) electrons. The number of nitrogens with one attached hydrogen (secondary N) is 1. The van der Waals surface area contributed by atoms with Gasteiger partial charge < -0.3 is 10.1 Å². The normalized spacial score (nSPS) is 11.0. The third-order valence-corrected chi connectivity index (χ3v) is 5.88. The van der Waals surface area contributed by atoms with Crippen LogP contribution in [0.15, 0.2) is 75.2 Å². The lowest BCUT2D eigenvalue weighted by Gasteiger charge is -2.09. The van der Waals surface area contributed by atoms with E-state index < -0.39 is 5.91 Å². The van der Waals surface area contributed by atoms with Gasteiger partial charge in [-0.3, -0.25) is 4.79 Å². The predicted octanol–water partition coefficient (Wildman–Crippen LogP) is 7.30. The second kappa shape index (κ2) is 10.6. The molecule has 0 saturated carbocycles. The maximum absolute atomic E-state index is 12.5. The predicted molar refractivity (Wildman–Crippen MR) is 131 cm³/mol. The topological polar surface area (TPSA) is 62.1 Å². The largest absolute Gasteiger partial charge is 0.489 e. The van der Waals surface area contributed by atoms with Gasteiger partial charge in [-0.05, 0) is 60.5 Å². The van der Waals surface area contributed by atoms with Crippen LogP contribution >= 0.6 is 43.5 Å². The minimum absolute atomic E-state index is 0.00756. The van der Waals surface area contributed by atoms with Crippen molar-refractivity contribution in [1.29, 1.82) is 5.26 Å². The molecule has 0 aromatic heterocycles. The fraction of sp³-hybridized carbons (Fsp3) is 0.0833. The van der Waals surface area contributed by atoms with E-state index in [0.717, 1.165) is 20.1 Å². The van der Waals surface area contributed by atoms with Crippen molar-refractivity contribution in [1.82, 2.24) is 0 Å². The Morgan fingerprint density at radius 2 is 1.87 bits per heavy atom. The summed E-state index contributed by atoms with van der Waals surface area (Å²) in [5.41, 5.74) is 3.15. The standard InChI is InChI=1S/C24H17Br2ClN2O2/c1-15-2-7-20(27)12-23(15)29-24(30)18(13-28)10-16-3-8-21(9-4-16)31-14-17-5-6-19(25)11-22(17)26/h2-12H,14H2,1H3,(H,29,30)/b18-10-. The van der Waals surface area contributed by atoms with Crippen LogP contribution in [-0.2, 0) is 11.4 Å². The van der Waals surface area contributed by atoms with Gasteiger partial charge in [0.2, 0.25) is 0 Å². The Hall–Kier alpha value is -2.59. The number of ether oxygens (including phenoxy) is 1. The van der Waals surface area contributed by atoms with E-state index >= 15 is 0 Å². The van der Waals surface area contributed by atoms with Gasteiger partial charge >= 0.3 is 0 Å². The molecule has 4 nitrogen and oxygen atoms in total. The summed E-state index contributed by atoms with van der Waals surface area (Å²) in [6, 6.07) is 20.2. The van der Waals surface area contributed by atoms with E-state index in [1.54, 1.807) is 42.5 Å². The number of anilines is 1. The highest BCUT2D eigenvalue weighted by Crippen LogP contribution is 2.24. The number of halogens is 3. The molecule has 0 aliphatic heterocycles. The molecule has 0 aliphatic carbocycles. The van der Waals surface area contributed by atoms with Gasteiger partial charge in [-0.15, -0.1) is 0 Å². The van der Waals surface area contributed by atoms with E-state index in [0.29, 0.717) is 28.6 Å². The number of aryl methyl sites for hydroxylation is 1. The lowest BCUT2D eigenvalue weighted by molar-refractivity contribution is -0.112. The van der Waals surface area contributed by atoms with Gasteiger partial charge in [-0.2, -0.15) is 5.26 Å². The third-order valence-electron chi connectivity index (χ3n) is 4.41. The summed E-state index contributed by atoms with van der Waals surface area (Å²) in [4.78, 5) is 12.5. The summed E-state index contributed by atoms with van der Waals surface area (Å²) in [5, 5.41) is 12.7. The van der Waals surface area contributed by atoms with Gasteiger partial charge in [0, 0.05) is 25.2 Å². The summed E-state index contributed by atoms with van der Waals surface area (Å²) >= 11 is 12.9. The minimum atomic E-state index is -0.492. The zero-order valence-electron chi connectivity index (χ0n) is 16.5. The second-order valence-corrected chi connectivity index (χ2v) is 8.88. The average molecular weight is 561 g/mol. The highest BCUT2D eigenvalue weighted by Gasteiger charge is 2.11. The van der Waals surface area contributed by atoms with Crippen LogP contribution < -0.4 is 10.1 Å². The first-order valence-corrected chi connectivity index (χ1v) is 11.2. The van der Waals surface area contributed by atoms with Crippen LogP contribution in [0.3, 0.4) is 0 Å². The molecule has 0 atom stereocenters. The molecule has 0 fully saturated rings. The van der Waals surface area contributed by atoms with Crippen LogP contribution in [0.4, 0.5) is 5.69 Å². The molecule has 1 amide bonds.